The van der Waals surface area contributed by atoms with E-state index in [2.05, 4.69) is 18.3 Å². The second-order valence-corrected chi connectivity index (χ2v) is 5.73. The fourth-order valence-electron chi connectivity index (χ4n) is 2.87. The summed E-state index contributed by atoms with van der Waals surface area (Å²) in [6.07, 6.45) is 6.63. The molecule has 3 N–H and O–H groups in total. The van der Waals surface area contributed by atoms with Gasteiger partial charge in [-0.3, -0.25) is 0 Å². The van der Waals surface area contributed by atoms with Gasteiger partial charge in [0.25, 0.3) is 0 Å². The highest BCUT2D eigenvalue weighted by Gasteiger charge is 2.19. The molecule has 0 heterocycles. The normalized spacial score (nSPS) is 18.8. The summed E-state index contributed by atoms with van der Waals surface area (Å²) in [5.41, 5.74) is 8.44. The van der Waals surface area contributed by atoms with Gasteiger partial charge in [0.05, 0.1) is 0 Å². The first-order valence-corrected chi connectivity index (χ1v) is 7.30. The molecule has 0 aromatic heterocycles. The average molecular weight is 267 g/mol. The molecule has 2 nitrogen and oxygen atoms in total. The van der Waals surface area contributed by atoms with Crippen LogP contribution in [0.4, 0.5) is 0 Å². The number of rotatable bonds is 4. The van der Waals surface area contributed by atoms with E-state index in [1.165, 1.54) is 43.2 Å². The van der Waals surface area contributed by atoms with Crippen LogP contribution in [0.1, 0.15) is 49.3 Å². The second-order valence-electron chi connectivity index (χ2n) is 5.29. The van der Waals surface area contributed by atoms with Gasteiger partial charge in [0.15, 0.2) is 0 Å². The molecular weight excluding hydrogens is 244 g/mol. The van der Waals surface area contributed by atoms with Gasteiger partial charge in [0, 0.05) is 23.7 Å². The van der Waals surface area contributed by atoms with Crippen molar-refractivity contribution in [3.8, 4) is 0 Å². The highest BCUT2D eigenvalue weighted by Crippen LogP contribution is 2.24. The van der Waals surface area contributed by atoms with Crippen molar-refractivity contribution < 1.29 is 0 Å². The molecule has 1 saturated carbocycles. The van der Waals surface area contributed by atoms with Crippen molar-refractivity contribution >= 4 is 11.6 Å². The van der Waals surface area contributed by atoms with Gasteiger partial charge in [-0.25, -0.2) is 0 Å². The molecule has 1 unspecified atom stereocenters. The molecule has 0 radical (unpaired) electrons. The van der Waals surface area contributed by atoms with E-state index < -0.39 is 0 Å². The van der Waals surface area contributed by atoms with Gasteiger partial charge < -0.3 is 11.1 Å². The Bertz CT molecular complexity index is 386. The van der Waals surface area contributed by atoms with Crippen molar-refractivity contribution in [2.24, 2.45) is 5.73 Å². The first-order valence-electron chi connectivity index (χ1n) is 6.93. The molecule has 0 amide bonds. The molecule has 0 spiro atoms. The Morgan fingerprint density at radius 1 is 1.33 bits per heavy atom. The molecule has 1 atom stereocenters. The molecule has 18 heavy (non-hydrogen) atoms. The Morgan fingerprint density at radius 2 is 2.06 bits per heavy atom. The molecule has 1 aromatic rings. The first-order chi connectivity index (χ1) is 8.70. The van der Waals surface area contributed by atoms with Crippen LogP contribution in [0.5, 0.6) is 0 Å². The Labute approximate surface area is 115 Å². The third-order valence-corrected chi connectivity index (χ3v) is 4.12. The number of nitrogens with one attached hydrogen (secondary N) is 1. The minimum Gasteiger partial charge on any atom is -0.329 e. The monoisotopic (exact) mass is 266 g/mol. The van der Waals surface area contributed by atoms with Crippen LogP contribution in [-0.2, 0) is 0 Å². The van der Waals surface area contributed by atoms with Gasteiger partial charge in [0.2, 0.25) is 0 Å². The van der Waals surface area contributed by atoms with Gasteiger partial charge in [-0.2, -0.15) is 0 Å². The lowest BCUT2D eigenvalue weighted by Crippen LogP contribution is -2.38. The summed E-state index contributed by atoms with van der Waals surface area (Å²) in [6, 6.07) is 6.95. The summed E-state index contributed by atoms with van der Waals surface area (Å²) in [5.74, 6) is 0. The third kappa shape index (κ3) is 3.47. The van der Waals surface area contributed by atoms with Gasteiger partial charge in [-0.1, -0.05) is 36.9 Å². The molecule has 0 bridgehead atoms. The first kappa shape index (κ1) is 13.9. The Balaban J connectivity index is 2.07. The van der Waals surface area contributed by atoms with Crippen LogP contribution >= 0.6 is 11.6 Å². The van der Waals surface area contributed by atoms with Crippen molar-refractivity contribution in [2.45, 2.75) is 51.1 Å². The van der Waals surface area contributed by atoms with Gasteiger partial charge in [-0.05, 0) is 43.0 Å². The van der Waals surface area contributed by atoms with Crippen LogP contribution in [0.2, 0.25) is 5.02 Å². The maximum absolute atomic E-state index is 6.01. The van der Waals surface area contributed by atoms with Gasteiger partial charge >= 0.3 is 0 Å². The Hall–Kier alpha value is -0.570. The van der Waals surface area contributed by atoms with Crippen LogP contribution in [0, 0.1) is 6.92 Å². The maximum Gasteiger partial charge on any atom is 0.0449 e. The minimum absolute atomic E-state index is 0.255. The van der Waals surface area contributed by atoms with Gasteiger partial charge in [-0.15, -0.1) is 0 Å². The number of aryl methyl sites for hydroxylation is 1. The minimum atomic E-state index is 0.255. The summed E-state index contributed by atoms with van der Waals surface area (Å²) in [5, 5.41) is 4.51. The zero-order valence-electron chi connectivity index (χ0n) is 11.1. The highest BCUT2D eigenvalue weighted by molar-refractivity contribution is 6.30. The lowest BCUT2D eigenvalue weighted by Gasteiger charge is -2.29. The molecule has 1 aliphatic carbocycles. The number of hydrogen-bond donors (Lipinski definition) is 2. The quantitative estimate of drug-likeness (QED) is 0.874. The Kier molecular flexibility index (Phi) is 5.04. The largest absolute Gasteiger partial charge is 0.329 e. The van der Waals surface area contributed by atoms with Crippen molar-refractivity contribution in [3.05, 3.63) is 34.3 Å². The van der Waals surface area contributed by atoms with E-state index in [1.54, 1.807) is 0 Å². The summed E-state index contributed by atoms with van der Waals surface area (Å²) in [7, 11) is 0. The number of halogens is 1. The van der Waals surface area contributed by atoms with Crippen LogP contribution in [0.15, 0.2) is 18.2 Å². The fourth-order valence-corrected chi connectivity index (χ4v) is 3.10. The summed E-state index contributed by atoms with van der Waals surface area (Å²) < 4.78 is 0. The molecule has 1 fully saturated rings. The number of benzene rings is 1. The van der Waals surface area contributed by atoms with Crippen molar-refractivity contribution in [3.63, 3.8) is 0 Å². The van der Waals surface area contributed by atoms with E-state index in [0.29, 0.717) is 12.6 Å². The van der Waals surface area contributed by atoms with E-state index in [9.17, 15) is 0 Å². The highest BCUT2D eigenvalue weighted by atomic mass is 35.5. The predicted molar refractivity (Wildman–Crippen MR) is 78.0 cm³/mol. The van der Waals surface area contributed by atoms with Crippen LogP contribution in [0.3, 0.4) is 0 Å². The van der Waals surface area contributed by atoms with E-state index in [4.69, 9.17) is 17.3 Å². The molecule has 1 aliphatic rings. The molecule has 1 aromatic carbocycles. The van der Waals surface area contributed by atoms with E-state index in [-0.39, 0.29) is 6.04 Å². The lowest BCUT2D eigenvalue weighted by atomic mass is 9.93. The van der Waals surface area contributed by atoms with Crippen LogP contribution in [-0.4, -0.2) is 12.6 Å². The molecular formula is C15H23ClN2. The standard InChI is InChI=1S/C15H23ClN2/c1-11-9-12(16)7-8-14(11)15(10-17)18-13-5-3-2-4-6-13/h7-9,13,15,18H,2-6,10,17H2,1H3. The zero-order chi connectivity index (χ0) is 13.0. The van der Waals surface area contributed by atoms with Crippen LogP contribution < -0.4 is 11.1 Å². The Morgan fingerprint density at radius 3 is 2.67 bits per heavy atom. The summed E-state index contributed by atoms with van der Waals surface area (Å²) in [6.45, 7) is 2.74. The van der Waals surface area contributed by atoms with Crippen molar-refractivity contribution in [2.75, 3.05) is 6.54 Å². The zero-order valence-corrected chi connectivity index (χ0v) is 11.8. The maximum atomic E-state index is 6.01. The van der Waals surface area contributed by atoms with E-state index >= 15 is 0 Å². The topological polar surface area (TPSA) is 38.0 Å². The molecule has 100 valence electrons. The number of nitrogens with two attached hydrogens (primary N) is 1. The van der Waals surface area contributed by atoms with E-state index in [0.717, 1.165) is 5.02 Å². The number of hydrogen-bond acceptors (Lipinski definition) is 2. The van der Waals surface area contributed by atoms with Gasteiger partial charge in [0.1, 0.15) is 0 Å². The SMILES string of the molecule is Cc1cc(Cl)ccc1C(CN)NC1CCCCC1. The van der Waals surface area contributed by atoms with Crippen molar-refractivity contribution in [1.82, 2.24) is 5.32 Å². The molecule has 3 heteroatoms. The van der Waals surface area contributed by atoms with E-state index in [1.807, 2.05) is 12.1 Å². The van der Waals surface area contributed by atoms with Crippen LogP contribution in [0.25, 0.3) is 0 Å². The summed E-state index contributed by atoms with van der Waals surface area (Å²) in [4.78, 5) is 0. The molecule has 0 aliphatic heterocycles. The predicted octanol–water partition coefficient (Wildman–Crippen LogP) is 3.57. The summed E-state index contributed by atoms with van der Waals surface area (Å²) >= 11 is 6.01. The lowest BCUT2D eigenvalue weighted by molar-refractivity contribution is 0.340. The smallest absolute Gasteiger partial charge is 0.0449 e. The molecule has 2 rings (SSSR count). The second kappa shape index (κ2) is 6.55. The van der Waals surface area contributed by atoms with Crippen molar-refractivity contribution in [1.29, 1.82) is 0 Å². The fraction of sp³-hybridized carbons (Fsp3) is 0.600. The molecule has 0 saturated heterocycles. The average Bonchev–Trinajstić information content (AvgIpc) is 2.38. The third-order valence-electron chi connectivity index (χ3n) is 3.89.